The molecular formula is C29H36O3. The second-order valence-corrected chi connectivity index (χ2v) is 8.84. The van der Waals surface area contributed by atoms with Crippen LogP contribution in [-0.2, 0) is 22.6 Å². The lowest BCUT2D eigenvalue weighted by Crippen LogP contribution is -2.13. The molecular weight excluding hydrogens is 396 g/mol. The van der Waals surface area contributed by atoms with Crippen LogP contribution in [-0.4, -0.2) is 17.7 Å². The first-order valence-electron chi connectivity index (χ1n) is 11.9. The van der Waals surface area contributed by atoms with Gasteiger partial charge in [0.05, 0.1) is 0 Å². The molecule has 0 atom stereocenters. The van der Waals surface area contributed by atoms with Gasteiger partial charge in [-0.2, -0.15) is 0 Å². The van der Waals surface area contributed by atoms with Crippen LogP contribution in [0.3, 0.4) is 0 Å². The quantitative estimate of drug-likeness (QED) is 0.243. The van der Waals surface area contributed by atoms with Crippen LogP contribution in [0.4, 0.5) is 0 Å². The van der Waals surface area contributed by atoms with E-state index >= 15 is 0 Å². The number of aliphatic hydroxyl groups excluding tert-OH is 1. The van der Waals surface area contributed by atoms with Crippen LogP contribution < -0.4 is 0 Å². The van der Waals surface area contributed by atoms with E-state index in [2.05, 4.69) is 55.6 Å². The summed E-state index contributed by atoms with van der Waals surface area (Å²) in [6.07, 6.45) is 12.2. The zero-order valence-electron chi connectivity index (χ0n) is 19.1. The van der Waals surface area contributed by atoms with Gasteiger partial charge in [-0.1, -0.05) is 55.1 Å². The number of hydrogen-bond donors (Lipinski definition) is 1. The van der Waals surface area contributed by atoms with Crippen LogP contribution in [0, 0.1) is 5.92 Å². The summed E-state index contributed by atoms with van der Waals surface area (Å²) in [6.45, 7) is 7.81. The molecule has 0 unspecified atom stereocenters. The molecule has 1 saturated carbocycles. The summed E-state index contributed by atoms with van der Waals surface area (Å²) in [7, 11) is 0. The van der Waals surface area contributed by atoms with Gasteiger partial charge in [-0.05, 0) is 91.0 Å². The molecule has 3 rings (SSSR count). The molecule has 1 aliphatic rings. The van der Waals surface area contributed by atoms with Crippen molar-refractivity contribution in [3.63, 3.8) is 0 Å². The Balaban J connectivity index is 1.79. The van der Waals surface area contributed by atoms with Crippen LogP contribution in [0.5, 0.6) is 0 Å². The molecule has 0 bridgehead atoms. The van der Waals surface area contributed by atoms with Crippen molar-refractivity contribution >= 4 is 5.97 Å². The molecule has 3 heteroatoms. The van der Waals surface area contributed by atoms with Gasteiger partial charge < -0.3 is 9.84 Å². The number of aryl methyl sites for hydroxylation is 1. The summed E-state index contributed by atoms with van der Waals surface area (Å²) in [5.74, 6) is 0.989. The Labute approximate surface area is 192 Å². The maximum Gasteiger partial charge on any atom is 0.330 e. The van der Waals surface area contributed by atoms with E-state index in [0.717, 1.165) is 41.9 Å². The highest BCUT2D eigenvalue weighted by Crippen LogP contribution is 2.39. The third-order valence-electron chi connectivity index (χ3n) is 6.65. The fraction of sp³-hybridized carbons (Fsp3) is 0.414. The molecule has 0 amide bonds. The van der Waals surface area contributed by atoms with Crippen LogP contribution in [0.25, 0.3) is 11.1 Å². The van der Waals surface area contributed by atoms with Gasteiger partial charge in [0.2, 0.25) is 0 Å². The first-order chi connectivity index (χ1) is 15.6. The van der Waals surface area contributed by atoms with Gasteiger partial charge in [0.15, 0.2) is 0 Å². The van der Waals surface area contributed by atoms with E-state index in [1.165, 1.54) is 49.3 Å². The third kappa shape index (κ3) is 6.67. The van der Waals surface area contributed by atoms with Crippen molar-refractivity contribution in [1.82, 2.24) is 0 Å². The highest BCUT2D eigenvalue weighted by Gasteiger charge is 2.23. The third-order valence-corrected chi connectivity index (χ3v) is 6.65. The first kappa shape index (κ1) is 24.0. The number of carbonyl (C=O) groups is 1. The molecule has 32 heavy (non-hydrogen) atoms. The van der Waals surface area contributed by atoms with Crippen molar-refractivity contribution in [1.29, 1.82) is 0 Å². The van der Waals surface area contributed by atoms with Crippen molar-refractivity contribution in [3.8, 4) is 11.1 Å². The van der Waals surface area contributed by atoms with Gasteiger partial charge in [0, 0.05) is 12.7 Å². The molecule has 1 fully saturated rings. The van der Waals surface area contributed by atoms with E-state index in [1.54, 1.807) is 0 Å². The zero-order valence-corrected chi connectivity index (χ0v) is 19.1. The lowest BCUT2D eigenvalue weighted by Gasteiger charge is -2.29. The summed E-state index contributed by atoms with van der Waals surface area (Å²) in [6, 6.07) is 15.1. The molecule has 0 radical (unpaired) electrons. The Morgan fingerprint density at radius 3 is 2.47 bits per heavy atom. The minimum atomic E-state index is -0.400. The van der Waals surface area contributed by atoms with Gasteiger partial charge in [-0.3, -0.25) is 0 Å². The lowest BCUT2D eigenvalue weighted by atomic mass is 9.76. The molecule has 0 heterocycles. The molecule has 0 aromatic heterocycles. The van der Waals surface area contributed by atoms with Gasteiger partial charge >= 0.3 is 5.97 Å². The van der Waals surface area contributed by atoms with Crippen molar-refractivity contribution < 1.29 is 14.6 Å². The maximum absolute atomic E-state index is 11.7. The van der Waals surface area contributed by atoms with E-state index in [0.29, 0.717) is 5.92 Å². The largest absolute Gasteiger partial charge is 0.458 e. The van der Waals surface area contributed by atoms with E-state index in [4.69, 9.17) is 9.84 Å². The zero-order chi connectivity index (χ0) is 22.8. The summed E-state index contributed by atoms with van der Waals surface area (Å²) >= 11 is 0. The Kier molecular flexibility index (Phi) is 9.30. The summed E-state index contributed by atoms with van der Waals surface area (Å²) < 4.78 is 5.43. The Morgan fingerprint density at radius 2 is 1.81 bits per heavy atom. The smallest absolute Gasteiger partial charge is 0.330 e. The maximum atomic E-state index is 11.7. The Morgan fingerprint density at radius 1 is 1.06 bits per heavy atom. The standard InChI is InChI=1S/C29H36O3/c1-3-5-7-22-9-13-24(14-10-22)26-17-18-28(27(20-26)21-32-29(31)4-2)25-15-11-23(12-16-25)8-6-19-30/h3-4,11-12,15-18,20,22,24,30H,1-2,5-10,13-14,19,21H2. The van der Waals surface area contributed by atoms with E-state index in [1.807, 2.05) is 6.08 Å². The fourth-order valence-electron chi connectivity index (χ4n) is 4.75. The van der Waals surface area contributed by atoms with Crippen LogP contribution in [0.15, 0.2) is 67.8 Å². The number of esters is 1. The number of hydrogen-bond acceptors (Lipinski definition) is 3. The molecule has 2 aromatic rings. The van der Waals surface area contributed by atoms with Crippen LogP contribution in [0.1, 0.15) is 67.6 Å². The van der Waals surface area contributed by atoms with E-state index in [9.17, 15) is 4.79 Å². The molecule has 1 aliphatic carbocycles. The van der Waals surface area contributed by atoms with Gasteiger partial charge in [0.1, 0.15) is 6.61 Å². The van der Waals surface area contributed by atoms with Crippen LogP contribution >= 0.6 is 0 Å². The molecule has 0 aliphatic heterocycles. The summed E-state index contributed by atoms with van der Waals surface area (Å²) in [5, 5.41) is 9.05. The van der Waals surface area contributed by atoms with Crippen molar-refractivity contribution in [2.24, 2.45) is 5.92 Å². The predicted octanol–water partition coefficient (Wildman–Crippen LogP) is 6.75. The number of allylic oxidation sites excluding steroid dienone is 1. The number of benzene rings is 2. The van der Waals surface area contributed by atoms with Gasteiger partial charge in [0.25, 0.3) is 0 Å². The normalized spacial score (nSPS) is 18.2. The minimum Gasteiger partial charge on any atom is -0.458 e. The van der Waals surface area contributed by atoms with Crippen molar-refractivity contribution in [2.45, 2.75) is 63.9 Å². The lowest BCUT2D eigenvalue weighted by molar-refractivity contribution is -0.138. The second-order valence-electron chi connectivity index (χ2n) is 8.84. The monoisotopic (exact) mass is 432 g/mol. The summed E-state index contributed by atoms with van der Waals surface area (Å²) in [5.41, 5.74) is 5.81. The SMILES string of the molecule is C=CCCC1CCC(c2ccc(-c3ccc(CCCO)cc3)c(COC(=O)C=C)c2)CC1. The predicted molar refractivity (Wildman–Crippen MR) is 131 cm³/mol. The molecule has 2 aromatic carbocycles. The molecule has 1 N–H and O–H groups in total. The fourth-order valence-corrected chi connectivity index (χ4v) is 4.75. The Hall–Kier alpha value is -2.65. The highest BCUT2D eigenvalue weighted by atomic mass is 16.5. The second kappa shape index (κ2) is 12.4. The molecule has 3 nitrogen and oxygen atoms in total. The van der Waals surface area contributed by atoms with Crippen molar-refractivity contribution in [3.05, 3.63) is 84.5 Å². The number of carbonyl (C=O) groups excluding carboxylic acids is 1. The average Bonchev–Trinajstić information content (AvgIpc) is 2.85. The summed E-state index contributed by atoms with van der Waals surface area (Å²) in [4.78, 5) is 11.7. The number of aliphatic hydroxyl groups is 1. The highest BCUT2D eigenvalue weighted by molar-refractivity contribution is 5.81. The first-order valence-corrected chi connectivity index (χ1v) is 11.9. The number of ether oxygens (including phenoxy) is 1. The van der Waals surface area contributed by atoms with Gasteiger partial charge in [-0.25, -0.2) is 4.79 Å². The van der Waals surface area contributed by atoms with Gasteiger partial charge in [-0.15, -0.1) is 6.58 Å². The molecule has 170 valence electrons. The topological polar surface area (TPSA) is 46.5 Å². The average molecular weight is 433 g/mol. The minimum absolute atomic E-state index is 0.207. The van der Waals surface area contributed by atoms with Crippen molar-refractivity contribution in [2.75, 3.05) is 6.61 Å². The molecule has 0 spiro atoms. The number of rotatable bonds is 11. The molecule has 0 saturated heterocycles. The van der Waals surface area contributed by atoms with Crippen LogP contribution in [0.2, 0.25) is 0 Å². The van der Waals surface area contributed by atoms with E-state index < -0.39 is 5.97 Å². The van der Waals surface area contributed by atoms with E-state index in [-0.39, 0.29) is 13.2 Å². The Bertz CT molecular complexity index is 889.